The predicted molar refractivity (Wildman–Crippen MR) is 97.0 cm³/mol. The Bertz CT molecular complexity index is 878. The summed E-state index contributed by atoms with van der Waals surface area (Å²) >= 11 is 0. The molecule has 0 aromatic heterocycles. The first-order valence-electron chi connectivity index (χ1n) is 7.88. The minimum atomic E-state index is -3.60. The van der Waals surface area contributed by atoms with Gasteiger partial charge in [-0.15, -0.1) is 0 Å². The van der Waals surface area contributed by atoms with E-state index in [0.29, 0.717) is 23.2 Å². The maximum absolute atomic E-state index is 12.1. The minimum Gasteiger partial charge on any atom is -0.352 e. The summed E-state index contributed by atoms with van der Waals surface area (Å²) in [6, 6.07) is 12.0. The fraction of sp³-hybridized carbons (Fsp3) is 0.235. The summed E-state index contributed by atoms with van der Waals surface area (Å²) in [5, 5.41) is 13.3. The number of benzene rings is 2. The normalized spacial score (nSPS) is 11.1. The predicted octanol–water partition coefficient (Wildman–Crippen LogP) is 1.96. The molecule has 0 aliphatic heterocycles. The van der Waals surface area contributed by atoms with E-state index in [0.717, 1.165) is 0 Å². The van der Waals surface area contributed by atoms with Gasteiger partial charge in [-0.25, -0.2) is 13.1 Å². The van der Waals surface area contributed by atoms with Crippen LogP contribution in [0, 0.1) is 10.1 Å². The number of nitrogens with zero attached hydrogens (tertiary/aromatic N) is 1. The van der Waals surface area contributed by atoms with Crippen molar-refractivity contribution in [3.05, 3.63) is 75.3 Å². The Morgan fingerprint density at radius 1 is 1.04 bits per heavy atom. The van der Waals surface area contributed by atoms with Gasteiger partial charge in [0.2, 0.25) is 10.0 Å². The molecule has 0 saturated heterocycles. The van der Waals surface area contributed by atoms with Gasteiger partial charge < -0.3 is 5.32 Å². The fourth-order valence-electron chi connectivity index (χ4n) is 2.21. The molecule has 2 aromatic carbocycles. The van der Waals surface area contributed by atoms with E-state index in [1.54, 1.807) is 24.3 Å². The SMILES string of the molecule is CCNC(=O)c1ccc(CNS(=O)(=O)Cc2ccc([N+](=O)[O-])cc2)cc1. The maximum Gasteiger partial charge on any atom is 0.269 e. The first-order chi connectivity index (χ1) is 12.3. The van der Waals surface area contributed by atoms with E-state index in [4.69, 9.17) is 0 Å². The van der Waals surface area contributed by atoms with Crippen LogP contribution in [0.15, 0.2) is 48.5 Å². The largest absolute Gasteiger partial charge is 0.352 e. The van der Waals surface area contributed by atoms with Crippen LogP contribution in [0.4, 0.5) is 5.69 Å². The summed E-state index contributed by atoms with van der Waals surface area (Å²) in [6.45, 7) is 2.44. The van der Waals surface area contributed by atoms with Crippen molar-refractivity contribution in [2.24, 2.45) is 0 Å². The van der Waals surface area contributed by atoms with Crippen molar-refractivity contribution in [2.45, 2.75) is 19.2 Å². The third-order valence-corrected chi connectivity index (χ3v) is 4.85. The van der Waals surface area contributed by atoms with Gasteiger partial charge in [-0.05, 0) is 30.2 Å². The van der Waals surface area contributed by atoms with Crippen molar-refractivity contribution in [3.63, 3.8) is 0 Å². The molecule has 8 nitrogen and oxygen atoms in total. The van der Waals surface area contributed by atoms with E-state index in [9.17, 15) is 23.3 Å². The van der Waals surface area contributed by atoms with Crippen LogP contribution in [0.3, 0.4) is 0 Å². The summed E-state index contributed by atoms with van der Waals surface area (Å²) in [6.07, 6.45) is 0. The Kier molecular flexibility index (Phi) is 6.42. The van der Waals surface area contributed by atoms with E-state index in [1.165, 1.54) is 24.3 Å². The lowest BCUT2D eigenvalue weighted by atomic mass is 10.1. The number of amides is 1. The molecule has 0 fully saturated rings. The van der Waals surface area contributed by atoms with E-state index >= 15 is 0 Å². The molecule has 26 heavy (non-hydrogen) atoms. The Labute approximate surface area is 151 Å². The highest BCUT2D eigenvalue weighted by Crippen LogP contribution is 2.14. The summed E-state index contributed by atoms with van der Waals surface area (Å²) in [5.41, 5.74) is 1.58. The number of nitro benzene ring substituents is 1. The maximum atomic E-state index is 12.1. The van der Waals surface area contributed by atoms with E-state index in [2.05, 4.69) is 10.0 Å². The van der Waals surface area contributed by atoms with Crippen LogP contribution < -0.4 is 10.0 Å². The average molecular weight is 377 g/mol. The van der Waals surface area contributed by atoms with Gasteiger partial charge in [0.05, 0.1) is 10.7 Å². The first-order valence-corrected chi connectivity index (χ1v) is 9.54. The van der Waals surface area contributed by atoms with Crippen LogP contribution in [-0.4, -0.2) is 25.8 Å². The molecule has 0 atom stereocenters. The summed E-state index contributed by atoms with van der Waals surface area (Å²) < 4.78 is 26.8. The highest BCUT2D eigenvalue weighted by Gasteiger charge is 2.13. The quantitative estimate of drug-likeness (QED) is 0.538. The lowest BCUT2D eigenvalue weighted by Gasteiger charge is -2.08. The lowest BCUT2D eigenvalue weighted by Crippen LogP contribution is -2.25. The monoisotopic (exact) mass is 377 g/mol. The van der Waals surface area contributed by atoms with Gasteiger partial charge in [-0.3, -0.25) is 14.9 Å². The number of hydrogen-bond donors (Lipinski definition) is 2. The summed E-state index contributed by atoms with van der Waals surface area (Å²) in [5.74, 6) is -0.458. The lowest BCUT2D eigenvalue weighted by molar-refractivity contribution is -0.384. The van der Waals surface area contributed by atoms with Crippen LogP contribution in [-0.2, 0) is 22.3 Å². The molecule has 0 aliphatic carbocycles. The van der Waals surface area contributed by atoms with Crippen molar-refractivity contribution in [2.75, 3.05) is 6.54 Å². The third kappa shape index (κ3) is 5.64. The molecular weight excluding hydrogens is 358 g/mol. The molecule has 0 bridgehead atoms. The van der Waals surface area contributed by atoms with Gasteiger partial charge in [0, 0.05) is 30.8 Å². The van der Waals surface area contributed by atoms with Crippen LogP contribution in [0.1, 0.15) is 28.4 Å². The number of carbonyl (C=O) groups excluding carboxylic acids is 1. The van der Waals surface area contributed by atoms with Crippen LogP contribution in [0.25, 0.3) is 0 Å². The number of rotatable bonds is 8. The highest BCUT2D eigenvalue weighted by molar-refractivity contribution is 7.88. The zero-order valence-electron chi connectivity index (χ0n) is 14.1. The van der Waals surface area contributed by atoms with Crippen molar-refractivity contribution < 1.29 is 18.1 Å². The second-order valence-corrected chi connectivity index (χ2v) is 7.37. The second-order valence-electron chi connectivity index (χ2n) is 5.56. The highest BCUT2D eigenvalue weighted by atomic mass is 32.2. The molecule has 0 saturated carbocycles. The second kappa shape index (κ2) is 8.54. The topological polar surface area (TPSA) is 118 Å². The third-order valence-electron chi connectivity index (χ3n) is 3.55. The van der Waals surface area contributed by atoms with E-state index in [-0.39, 0.29) is 23.9 Å². The molecule has 9 heteroatoms. The molecular formula is C17H19N3O5S. The number of sulfonamides is 1. The minimum absolute atomic E-state index is 0.0883. The number of nitro groups is 1. The van der Waals surface area contributed by atoms with Gasteiger partial charge in [-0.1, -0.05) is 24.3 Å². The van der Waals surface area contributed by atoms with E-state index < -0.39 is 14.9 Å². The molecule has 0 unspecified atom stereocenters. The van der Waals surface area contributed by atoms with Crippen LogP contribution >= 0.6 is 0 Å². The fourth-order valence-corrected chi connectivity index (χ4v) is 3.33. The number of nitrogens with one attached hydrogen (secondary N) is 2. The van der Waals surface area contributed by atoms with Crippen LogP contribution in [0.5, 0.6) is 0 Å². The average Bonchev–Trinajstić information content (AvgIpc) is 2.61. The molecule has 0 aliphatic rings. The Morgan fingerprint density at radius 2 is 1.62 bits per heavy atom. The zero-order valence-corrected chi connectivity index (χ0v) is 15.0. The number of hydrogen-bond acceptors (Lipinski definition) is 5. The zero-order chi connectivity index (χ0) is 19.2. The Morgan fingerprint density at radius 3 is 2.15 bits per heavy atom. The van der Waals surface area contributed by atoms with E-state index in [1.807, 2.05) is 6.92 Å². The molecule has 138 valence electrons. The molecule has 0 heterocycles. The van der Waals surface area contributed by atoms with Gasteiger partial charge in [-0.2, -0.15) is 0 Å². The molecule has 0 spiro atoms. The molecule has 2 rings (SSSR count). The van der Waals surface area contributed by atoms with Gasteiger partial charge >= 0.3 is 0 Å². The standard InChI is InChI=1S/C17H19N3O5S/c1-2-18-17(21)15-7-3-13(4-8-15)11-19-26(24,25)12-14-5-9-16(10-6-14)20(22)23/h3-10,19H,2,11-12H2,1H3,(H,18,21). The van der Waals surface area contributed by atoms with Crippen molar-refractivity contribution in [1.82, 2.24) is 10.0 Å². The van der Waals surface area contributed by atoms with Crippen molar-refractivity contribution in [1.29, 1.82) is 0 Å². The molecule has 2 N–H and O–H groups in total. The van der Waals surface area contributed by atoms with Crippen LogP contribution in [0.2, 0.25) is 0 Å². The molecule has 0 radical (unpaired) electrons. The summed E-state index contributed by atoms with van der Waals surface area (Å²) in [7, 11) is -3.60. The van der Waals surface area contributed by atoms with Gasteiger partial charge in [0.15, 0.2) is 0 Å². The molecule has 1 amide bonds. The smallest absolute Gasteiger partial charge is 0.269 e. The number of non-ortho nitro benzene ring substituents is 1. The first kappa shape index (κ1) is 19.5. The Hall–Kier alpha value is -2.78. The van der Waals surface area contributed by atoms with Crippen molar-refractivity contribution >= 4 is 21.6 Å². The summed E-state index contributed by atoms with van der Waals surface area (Å²) in [4.78, 5) is 21.7. The Balaban J connectivity index is 1.95. The van der Waals surface area contributed by atoms with Gasteiger partial charge in [0.25, 0.3) is 11.6 Å². The molecule has 2 aromatic rings. The van der Waals surface area contributed by atoms with Gasteiger partial charge in [0.1, 0.15) is 0 Å². The van der Waals surface area contributed by atoms with Crippen molar-refractivity contribution in [3.8, 4) is 0 Å². The number of carbonyl (C=O) groups is 1.